The lowest BCUT2D eigenvalue weighted by Crippen LogP contribution is -2.58. The molecule has 0 aliphatic carbocycles. The highest BCUT2D eigenvalue weighted by Crippen LogP contribution is 2.39. The van der Waals surface area contributed by atoms with E-state index in [1.54, 1.807) is 11.0 Å². The SMILES string of the molecule is CCCN1C(=O)N(c2ccccc2C)[C@H](N(O)C(=O)Nc2ccccc2C)C1(C)C. The van der Waals surface area contributed by atoms with Gasteiger partial charge in [0.15, 0.2) is 6.17 Å². The number of hydrogen-bond acceptors (Lipinski definition) is 3. The number of aryl methyl sites for hydroxylation is 2. The molecule has 1 heterocycles. The van der Waals surface area contributed by atoms with Crippen molar-refractivity contribution in [2.75, 3.05) is 16.8 Å². The number of nitrogens with one attached hydrogen (secondary N) is 1. The monoisotopic (exact) mass is 410 g/mol. The molecule has 2 aromatic carbocycles. The van der Waals surface area contributed by atoms with E-state index in [2.05, 4.69) is 5.32 Å². The highest BCUT2D eigenvalue weighted by Gasteiger charge is 2.55. The summed E-state index contributed by atoms with van der Waals surface area (Å²) in [5.74, 6) is 0. The van der Waals surface area contributed by atoms with Gasteiger partial charge < -0.3 is 10.2 Å². The number of carbonyl (C=O) groups is 2. The Bertz CT molecular complexity index is 944. The highest BCUT2D eigenvalue weighted by atomic mass is 16.5. The molecule has 2 N–H and O–H groups in total. The number of anilines is 2. The van der Waals surface area contributed by atoms with Crippen LogP contribution in [-0.2, 0) is 0 Å². The molecule has 0 aromatic heterocycles. The summed E-state index contributed by atoms with van der Waals surface area (Å²) in [7, 11) is 0. The first kappa shape index (κ1) is 21.6. The molecule has 3 rings (SSSR count). The maximum atomic E-state index is 13.4. The number of carbonyl (C=O) groups excluding carboxylic acids is 2. The van der Waals surface area contributed by atoms with Crippen molar-refractivity contribution in [2.24, 2.45) is 0 Å². The van der Waals surface area contributed by atoms with Crippen molar-refractivity contribution in [2.45, 2.75) is 52.7 Å². The van der Waals surface area contributed by atoms with Crippen molar-refractivity contribution in [3.05, 3.63) is 59.7 Å². The maximum absolute atomic E-state index is 13.4. The van der Waals surface area contributed by atoms with Gasteiger partial charge in [-0.2, -0.15) is 5.06 Å². The van der Waals surface area contributed by atoms with Crippen molar-refractivity contribution < 1.29 is 14.8 Å². The van der Waals surface area contributed by atoms with Gasteiger partial charge in [0.05, 0.1) is 11.2 Å². The fourth-order valence-electron chi connectivity index (χ4n) is 4.02. The zero-order valence-electron chi connectivity index (χ0n) is 18.2. The molecule has 1 aliphatic rings. The number of amides is 4. The van der Waals surface area contributed by atoms with E-state index in [4.69, 9.17) is 0 Å². The van der Waals surface area contributed by atoms with Crippen LogP contribution in [0.25, 0.3) is 0 Å². The van der Waals surface area contributed by atoms with Crippen molar-refractivity contribution in [3.8, 4) is 0 Å². The van der Waals surface area contributed by atoms with Gasteiger partial charge in [-0.15, -0.1) is 0 Å². The number of urea groups is 2. The normalized spacial score (nSPS) is 17.9. The molecule has 1 aliphatic heterocycles. The lowest BCUT2D eigenvalue weighted by Gasteiger charge is -2.38. The summed E-state index contributed by atoms with van der Waals surface area (Å²) < 4.78 is 0. The van der Waals surface area contributed by atoms with Gasteiger partial charge >= 0.3 is 12.1 Å². The molecule has 2 aromatic rings. The Morgan fingerprint density at radius 2 is 1.70 bits per heavy atom. The minimum atomic E-state index is -0.901. The number of para-hydroxylation sites is 2. The first-order valence-electron chi connectivity index (χ1n) is 10.2. The summed E-state index contributed by atoms with van der Waals surface area (Å²) in [6.45, 7) is 10.0. The van der Waals surface area contributed by atoms with Crippen LogP contribution in [-0.4, -0.2) is 45.5 Å². The number of hydroxylamine groups is 2. The average Bonchev–Trinajstić information content (AvgIpc) is 2.90. The third kappa shape index (κ3) is 3.73. The lowest BCUT2D eigenvalue weighted by atomic mass is 9.99. The van der Waals surface area contributed by atoms with Crippen LogP contribution in [0, 0.1) is 13.8 Å². The fraction of sp³-hybridized carbons (Fsp3) is 0.391. The first-order chi connectivity index (χ1) is 14.2. The Labute approximate surface area is 177 Å². The summed E-state index contributed by atoms with van der Waals surface area (Å²) in [4.78, 5) is 29.6. The Hall–Kier alpha value is -3.06. The lowest BCUT2D eigenvalue weighted by molar-refractivity contribution is -0.0948. The predicted molar refractivity (Wildman–Crippen MR) is 118 cm³/mol. The van der Waals surface area contributed by atoms with Crippen LogP contribution in [0.5, 0.6) is 0 Å². The highest BCUT2D eigenvalue weighted by molar-refractivity contribution is 5.98. The van der Waals surface area contributed by atoms with E-state index in [1.165, 1.54) is 4.90 Å². The third-order valence-corrected chi connectivity index (χ3v) is 5.66. The molecule has 0 spiro atoms. The van der Waals surface area contributed by atoms with E-state index in [1.807, 2.05) is 77.1 Å². The van der Waals surface area contributed by atoms with Crippen molar-refractivity contribution in [1.82, 2.24) is 9.96 Å². The number of benzene rings is 2. The van der Waals surface area contributed by atoms with Crippen LogP contribution in [0.1, 0.15) is 38.3 Å². The van der Waals surface area contributed by atoms with Crippen LogP contribution in [0.2, 0.25) is 0 Å². The van der Waals surface area contributed by atoms with Crippen molar-refractivity contribution >= 4 is 23.4 Å². The van der Waals surface area contributed by atoms with Gasteiger partial charge in [0.25, 0.3) is 0 Å². The zero-order chi connectivity index (χ0) is 22.1. The molecule has 160 valence electrons. The summed E-state index contributed by atoms with van der Waals surface area (Å²) in [6.07, 6.45) is -0.133. The van der Waals surface area contributed by atoms with Gasteiger partial charge in [0, 0.05) is 12.2 Å². The van der Waals surface area contributed by atoms with Crippen LogP contribution >= 0.6 is 0 Å². The van der Waals surface area contributed by atoms with Gasteiger partial charge in [-0.25, -0.2) is 9.59 Å². The van der Waals surface area contributed by atoms with Gasteiger partial charge in [-0.3, -0.25) is 10.1 Å². The fourth-order valence-corrected chi connectivity index (χ4v) is 4.02. The number of hydrogen-bond donors (Lipinski definition) is 2. The maximum Gasteiger partial charge on any atom is 0.347 e. The molecule has 1 saturated heterocycles. The summed E-state index contributed by atoms with van der Waals surface area (Å²) in [5.41, 5.74) is 2.23. The van der Waals surface area contributed by atoms with E-state index in [0.717, 1.165) is 17.5 Å². The molecule has 1 fully saturated rings. The Morgan fingerprint density at radius 3 is 2.30 bits per heavy atom. The Kier molecular flexibility index (Phi) is 6.03. The molecule has 0 bridgehead atoms. The second-order valence-electron chi connectivity index (χ2n) is 8.21. The van der Waals surface area contributed by atoms with Crippen LogP contribution in [0.3, 0.4) is 0 Å². The van der Waals surface area contributed by atoms with Gasteiger partial charge in [0.1, 0.15) is 0 Å². The molecule has 7 heteroatoms. The standard InChI is InChI=1S/C23H30N4O3/c1-6-15-25-22(29)26(19-14-10-8-12-17(19)3)20(23(25,4)5)27(30)21(28)24-18-13-9-7-11-16(18)2/h7-14,20,30H,6,15H2,1-5H3,(H,24,28)/t20-/m1/s1. The van der Waals surface area contributed by atoms with E-state index < -0.39 is 17.7 Å². The summed E-state index contributed by atoms with van der Waals surface area (Å²) in [6, 6.07) is 13.9. The first-order valence-corrected chi connectivity index (χ1v) is 10.2. The molecular formula is C23H30N4O3. The molecule has 4 amide bonds. The Morgan fingerprint density at radius 1 is 1.10 bits per heavy atom. The van der Waals surface area contributed by atoms with Crippen molar-refractivity contribution in [3.63, 3.8) is 0 Å². The van der Waals surface area contributed by atoms with Crippen LogP contribution in [0.15, 0.2) is 48.5 Å². The molecule has 1 atom stereocenters. The molecular weight excluding hydrogens is 380 g/mol. The Balaban J connectivity index is 2.01. The second-order valence-corrected chi connectivity index (χ2v) is 8.21. The predicted octanol–water partition coefficient (Wildman–Crippen LogP) is 4.98. The van der Waals surface area contributed by atoms with Gasteiger partial charge in [0.2, 0.25) is 0 Å². The smallest absolute Gasteiger partial charge is 0.315 e. The van der Waals surface area contributed by atoms with E-state index >= 15 is 0 Å². The van der Waals surface area contributed by atoms with Crippen LogP contribution in [0.4, 0.5) is 21.0 Å². The summed E-state index contributed by atoms with van der Waals surface area (Å²) >= 11 is 0. The number of nitrogens with zero attached hydrogens (tertiary/aromatic N) is 3. The largest absolute Gasteiger partial charge is 0.347 e. The quantitative estimate of drug-likeness (QED) is 0.539. The van der Waals surface area contributed by atoms with Crippen LogP contribution < -0.4 is 10.2 Å². The molecule has 0 radical (unpaired) electrons. The summed E-state index contributed by atoms with van der Waals surface area (Å²) in [5, 5.41) is 14.4. The number of rotatable bonds is 5. The van der Waals surface area contributed by atoms with Gasteiger partial charge in [-0.1, -0.05) is 43.3 Å². The average molecular weight is 411 g/mol. The minimum Gasteiger partial charge on any atom is -0.315 e. The third-order valence-electron chi connectivity index (χ3n) is 5.66. The van der Waals surface area contributed by atoms with E-state index in [-0.39, 0.29) is 6.03 Å². The minimum absolute atomic E-state index is 0.233. The molecule has 30 heavy (non-hydrogen) atoms. The molecule has 0 unspecified atom stereocenters. The topological polar surface area (TPSA) is 76.1 Å². The van der Waals surface area contributed by atoms with Gasteiger partial charge in [-0.05, 0) is 57.4 Å². The van der Waals surface area contributed by atoms with Crippen molar-refractivity contribution in [1.29, 1.82) is 0 Å². The second kappa shape index (κ2) is 8.36. The molecule has 0 saturated carbocycles. The molecule has 7 nitrogen and oxygen atoms in total. The van der Waals surface area contributed by atoms with E-state index in [0.29, 0.717) is 23.0 Å². The zero-order valence-corrected chi connectivity index (χ0v) is 18.2. The van der Waals surface area contributed by atoms with E-state index in [9.17, 15) is 14.8 Å².